The molecule has 0 unspecified atom stereocenters. The number of hydrogen-bond acceptors (Lipinski definition) is 6. The molecule has 0 atom stereocenters. The van der Waals surface area contributed by atoms with Crippen LogP contribution in [0.5, 0.6) is 0 Å². The number of nitrogens with one attached hydrogen (secondary N) is 1. The maximum absolute atomic E-state index is 12.9. The third-order valence-corrected chi connectivity index (χ3v) is 6.63. The summed E-state index contributed by atoms with van der Waals surface area (Å²) in [5.41, 5.74) is 0.567. The number of benzene rings is 1. The molecule has 0 spiro atoms. The van der Waals surface area contributed by atoms with Gasteiger partial charge in [-0.2, -0.15) is 0 Å². The lowest BCUT2D eigenvalue weighted by Gasteiger charge is -2.34. The normalized spacial score (nSPS) is 14.7. The first-order chi connectivity index (χ1) is 14.1. The Hall–Kier alpha value is -2.62. The molecule has 4 rings (SSSR count). The van der Waals surface area contributed by atoms with Gasteiger partial charge in [-0.3, -0.25) is 14.5 Å². The van der Waals surface area contributed by atoms with Crippen molar-refractivity contribution in [2.45, 2.75) is 0 Å². The molecule has 150 valence electrons. The molecule has 3 heterocycles. The fourth-order valence-electron chi connectivity index (χ4n) is 3.09. The Kier molecular flexibility index (Phi) is 5.98. The zero-order valence-electron chi connectivity index (χ0n) is 15.5. The molecule has 0 radical (unpaired) electrons. The quantitative estimate of drug-likeness (QED) is 0.674. The Balaban J connectivity index is 1.27. The minimum absolute atomic E-state index is 0.0132. The van der Waals surface area contributed by atoms with E-state index in [9.17, 15) is 14.0 Å². The third-order valence-electron chi connectivity index (χ3n) is 4.60. The highest BCUT2D eigenvalue weighted by Gasteiger charge is 2.25. The molecule has 1 fully saturated rings. The monoisotopic (exact) mass is 430 g/mol. The van der Waals surface area contributed by atoms with Crippen LogP contribution in [0.15, 0.2) is 48.0 Å². The maximum atomic E-state index is 12.9. The van der Waals surface area contributed by atoms with Crippen LogP contribution >= 0.6 is 22.7 Å². The number of carbonyl (C=O) groups excluding carboxylic acids is 2. The number of piperazine rings is 1. The molecule has 0 saturated carbocycles. The van der Waals surface area contributed by atoms with Crippen molar-refractivity contribution in [2.75, 3.05) is 38.0 Å². The molecule has 0 aliphatic carbocycles. The molecular formula is C20H19FN4O2S2. The molecule has 29 heavy (non-hydrogen) atoms. The maximum Gasteiger partial charge on any atom is 0.265 e. The predicted octanol–water partition coefficient (Wildman–Crippen LogP) is 3.41. The van der Waals surface area contributed by atoms with E-state index in [1.165, 1.54) is 35.6 Å². The summed E-state index contributed by atoms with van der Waals surface area (Å²) >= 11 is 3.01. The largest absolute Gasteiger partial charge is 0.335 e. The van der Waals surface area contributed by atoms with Crippen molar-refractivity contribution in [2.24, 2.45) is 0 Å². The van der Waals surface area contributed by atoms with Gasteiger partial charge in [0.2, 0.25) is 5.91 Å². The van der Waals surface area contributed by atoms with Crippen LogP contribution in [0.2, 0.25) is 0 Å². The van der Waals surface area contributed by atoms with E-state index in [-0.39, 0.29) is 24.2 Å². The van der Waals surface area contributed by atoms with E-state index in [2.05, 4.69) is 10.3 Å². The Morgan fingerprint density at radius 2 is 1.86 bits per heavy atom. The van der Waals surface area contributed by atoms with Crippen LogP contribution in [0, 0.1) is 5.82 Å². The number of carbonyl (C=O) groups is 2. The SMILES string of the molecule is O=C(CN1CCN(C(=O)c2cnc(-c3cccs3)s2)CC1)Nc1ccc(F)cc1. The Morgan fingerprint density at radius 3 is 2.55 bits per heavy atom. The summed E-state index contributed by atoms with van der Waals surface area (Å²) in [4.78, 5) is 34.8. The Morgan fingerprint density at radius 1 is 1.10 bits per heavy atom. The molecule has 1 saturated heterocycles. The summed E-state index contributed by atoms with van der Waals surface area (Å²) in [5, 5.41) is 5.61. The molecule has 2 aromatic heterocycles. The molecule has 9 heteroatoms. The lowest BCUT2D eigenvalue weighted by atomic mass is 10.3. The van der Waals surface area contributed by atoms with Crippen LogP contribution in [0.4, 0.5) is 10.1 Å². The van der Waals surface area contributed by atoms with E-state index in [0.29, 0.717) is 36.7 Å². The van der Waals surface area contributed by atoms with Crippen molar-refractivity contribution in [1.82, 2.24) is 14.8 Å². The second-order valence-electron chi connectivity index (χ2n) is 6.63. The molecular weight excluding hydrogens is 411 g/mol. The van der Waals surface area contributed by atoms with Crippen molar-refractivity contribution in [3.63, 3.8) is 0 Å². The number of nitrogens with zero attached hydrogens (tertiary/aromatic N) is 3. The van der Waals surface area contributed by atoms with Crippen LogP contribution < -0.4 is 5.32 Å². The number of anilines is 1. The first-order valence-electron chi connectivity index (χ1n) is 9.15. The van der Waals surface area contributed by atoms with Crippen molar-refractivity contribution >= 4 is 40.2 Å². The summed E-state index contributed by atoms with van der Waals surface area (Å²) in [6, 6.07) is 9.64. The average molecular weight is 431 g/mol. The van der Waals surface area contributed by atoms with Gasteiger partial charge < -0.3 is 10.2 Å². The summed E-state index contributed by atoms with van der Waals surface area (Å²) in [7, 11) is 0. The topological polar surface area (TPSA) is 65.5 Å². The molecule has 6 nitrogen and oxygen atoms in total. The zero-order valence-corrected chi connectivity index (χ0v) is 17.1. The van der Waals surface area contributed by atoms with Crippen LogP contribution in [0.3, 0.4) is 0 Å². The van der Waals surface area contributed by atoms with E-state index in [1.54, 1.807) is 22.4 Å². The second-order valence-corrected chi connectivity index (χ2v) is 8.61. The van der Waals surface area contributed by atoms with Gasteiger partial charge in [0.25, 0.3) is 5.91 Å². The van der Waals surface area contributed by atoms with Gasteiger partial charge in [-0.15, -0.1) is 22.7 Å². The number of hydrogen-bond donors (Lipinski definition) is 1. The highest BCUT2D eigenvalue weighted by Crippen LogP contribution is 2.29. The summed E-state index contributed by atoms with van der Waals surface area (Å²) < 4.78 is 12.9. The molecule has 2 amide bonds. The van der Waals surface area contributed by atoms with Crippen molar-refractivity contribution in [1.29, 1.82) is 0 Å². The van der Waals surface area contributed by atoms with E-state index in [0.717, 1.165) is 9.88 Å². The van der Waals surface area contributed by atoms with E-state index in [1.807, 2.05) is 22.4 Å². The van der Waals surface area contributed by atoms with E-state index < -0.39 is 0 Å². The van der Waals surface area contributed by atoms with Crippen LogP contribution in [-0.2, 0) is 4.79 Å². The number of aromatic nitrogens is 1. The number of thiazole rings is 1. The van der Waals surface area contributed by atoms with Crippen LogP contribution in [-0.4, -0.2) is 59.3 Å². The van der Waals surface area contributed by atoms with E-state index in [4.69, 9.17) is 0 Å². The minimum atomic E-state index is -0.341. The molecule has 1 N–H and O–H groups in total. The molecule has 1 aliphatic rings. The number of amides is 2. The van der Waals surface area contributed by atoms with Gasteiger partial charge in [0.15, 0.2) is 0 Å². The Labute approximate surface area is 175 Å². The van der Waals surface area contributed by atoms with Gasteiger partial charge in [0.05, 0.1) is 17.6 Å². The predicted molar refractivity (Wildman–Crippen MR) is 113 cm³/mol. The number of rotatable bonds is 5. The van der Waals surface area contributed by atoms with Gasteiger partial charge in [0.1, 0.15) is 15.7 Å². The summed E-state index contributed by atoms with van der Waals surface area (Å²) in [5.74, 6) is -0.507. The molecule has 1 aliphatic heterocycles. The number of thiophene rings is 1. The van der Waals surface area contributed by atoms with Gasteiger partial charge >= 0.3 is 0 Å². The first-order valence-corrected chi connectivity index (χ1v) is 10.8. The standard InChI is InChI=1S/C20H19FN4O2S2/c21-14-3-5-15(6-4-14)23-18(26)13-24-7-9-25(10-8-24)20(27)17-12-22-19(29-17)16-2-1-11-28-16/h1-6,11-12H,7-10,13H2,(H,23,26). The van der Waals surface area contributed by atoms with Gasteiger partial charge in [-0.05, 0) is 35.7 Å². The van der Waals surface area contributed by atoms with Crippen molar-refractivity contribution in [3.05, 3.63) is 58.7 Å². The lowest BCUT2D eigenvalue weighted by molar-refractivity contribution is -0.117. The molecule has 1 aromatic carbocycles. The fourth-order valence-corrected chi connectivity index (χ4v) is 4.78. The molecule has 3 aromatic rings. The van der Waals surface area contributed by atoms with Gasteiger partial charge in [0, 0.05) is 31.9 Å². The average Bonchev–Trinajstić information content (AvgIpc) is 3.41. The lowest BCUT2D eigenvalue weighted by Crippen LogP contribution is -2.50. The molecule has 0 bridgehead atoms. The van der Waals surface area contributed by atoms with Crippen LogP contribution in [0.1, 0.15) is 9.67 Å². The van der Waals surface area contributed by atoms with Gasteiger partial charge in [-0.25, -0.2) is 9.37 Å². The fraction of sp³-hybridized carbons (Fsp3) is 0.250. The van der Waals surface area contributed by atoms with E-state index >= 15 is 0 Å². The van der Waals surface area contributed by atoms with Gasteiger partial charge in [-0.1, -0.05) is 6.07 Å². The second kappa shape index (κ2) is 8.81. The summed E-state index contributed by atoms with van der Waals surface area (Å²) in [6.07, 6.45) is 1.64. The highest BCUT2D eigenvalue weighted by atomic mass is 32.1. The van der Waals surface area contributed by atoms with Crippen LogP contribution in [0.25, 0.3) is 9.88 Å². The first kappa shape index (κ1) is 19.7. The number of halogens is 1. The van der Waals surface area contributed by atoms with Crippen molar-refractivity contribution < 1.29 is 14.0 Å². The minimum Gasteiger partial charge on any atom is -0.335 e. The zero-order chi connectivity index (χ0) is 20.2. The smallest absolute Gasteiger partial charge is 0.265 e. The Bertz CT molecular complexity index is 980. The van der Waals surface area contributed by atoms with Crippen molar-refractivity contribution in [3.8, 4) is 9.88 Å². The highest BCUT2D eigenvalue weighted by molar-refractivity contribution is 7.21. The third kappa shape index (κ3) is 4.87. The summed E-state index contributed by atoms with van der Waals surface area (Å²) in [6.45, 7) is 2.62.